The van der Waals surface area contributed by atoms with Crippen LogP contribution in [0.3, 0.4) is 0 Å². The maximum absolute atomic E-state index is 12.8. The van der Waals surface area contributed by atoms with Gasteiger partial charge >= 0.3 is 12.0 Å². The zero-order chi connectivity index (χ0) is 37.0. The number of thioether (sulfide) groups is 1. The van der Waals surface area contributed by atoms with Gasteiger partial charge in [-0.15, -0.1) is 11.8 Å². The van der Waals surface area contributed by atoms with Crippen molar-refractivity contribution in [3.8, 4) is 16.9 Å². The van der Waals surface area contributed by atoms with E-state index < -0.39 is 24.3 Å². The van der Waals surface area contributed by atoms with Gasteiger partial charge in [0.15, 0.2) is 6.29 Å². The summed E-state index contributed by atoms with van der Waals surface area (Å²) in [6, 6.07) is 40.2. The van der Waals surface area contributed by atoms with Crippen molar-refractivity contribution in [1.82, 2.24) is 10.6 Å². The number of hydrogen-bond acceptors (Lipinski definition) is 8. The number of benzene rings is 5. The molecule has 6 rings (SSSR count). The smallest absolute Gasteiger partial charge is 0.328 e. The highest BCUT2D eigenvalue weighted by Gasteiger charge is 2.32. The molecule has 1 heterocycles. The van der Waals surface area contributed by atoms with Crippen LogP contribution in [-0.4, -0.2) is 49.2 Å². The van der Waals surface area contributed by atoms with Crippen molar-refractivity contribution in [2.75, 3.05) is 20.0 Å². The Morgan fingerprint density at radius 2 is 1.51 bits per heavy atom. The molecule has 5 aromatic rings. The Labute approximate surface area is 314 Å². The molecule has 5 aromatic carbocycles. The van der Waals surface area contributed by atoms with Gasteiger partial charge in [-0.05, 0) is 51.6 Å². The minimum absolute atomic E-state index is 0.0104. The van der Waals surface area contributed by atoms with E-state index in [0.29, 0.717) is 12.8 Å². The van der Waals surface area contributed by atoms with Gasteiger partial charge in [0, 0.05) is 35.6 Å². The molecule has 1 aliphatic rings. The van der Waals surface area contributed by atoms with E-state index in [9.17, 15) is 14.7 Å². The van der Waals surface area contributed by atoms with Crippen LogP contribution in [0, 0.1) is 0 Å². The molecule has 1 fully saturated rings. The van der Waals surface area contributed by atoms with Crippen LogP contribution in [0.25, 0.3) is 11.1 Å². The van der Waals surface area contributed by atoms with Crippen molar-refractivity contribution in [1.29, 1.82) is 0 Å². The number of ether oxygens (including phenoxy) is 4. The van der Waals surface area contributed by atoms with Gasteiger partial charge in [0.2, 0.25) is 0 Å². The fourth-order valence-corrected chi connectivity index (χ4v) is 7.26. The standard InChI is InChI=1S/C43H44N2O7S/c1-49-38-13-6-7-14-40(38)53-28-36-25-39(33-17-15-30(27-46)16-18-33)52-42(51-36)34-21-19-32(20-22-34)35-12-8-11-31(23-35)26-44-43(48)45-37(41(47)50-2)24-29-9-4-3-5-10-29/h3-23,36-37,39,42,46H,24-28H2,1-2H3,(H2,44,45,48)/t36-,37+,39+,42+/m1/s1. The largest absolute Gasteiger partial charge is 0.496 e. The zero-order valence-corrected chi connectivity index (χ0v) is 30.6. The van der Waals surface area contributed by atoms with Crippen molar-refractivity contribution in [2.24, 2.45) is 0 Å². The molecule has 53 heavy (non-hydrogen) atoms. The van der Waals surface area contributed by atoms with E-state index in [0.717, 1.165) is 55.3 Å². The number of carbonyl (C=O) groups is 2. The molecule has 1 saturated heterocycles. The Hall–Kier alpha value is -5.13. The second kappa shape index (κ2) is 18.6. The number of methoxy groups -OCH3 is 2. The Balaban J connectivity index is 1.11. The van der Waals surface area contributed by atoms with Gasteiger partial charge < -0.3 is 34.7 Å². The van der Waals surface area contributed by atoms with Crippen LogP contribution in [0.1, 0.15) is 46.6 Å². The number of para-hydroxylation sites is 1. The Bertz CT molecular complexity index is 1940. The molecule has 0 aliphatic carbocycles. The number of carbonyl (C=O) groups excluding carboxylic acids is 2. The summed E-state index contributed by atoms with van der Waals surface area (Å²) in [6.07, 6.45) is 0.156. The van der Waals surface area contributed by atoms with E-state index in [1.807, 2.05) is 121 Å². The minimum Gasteiger partial charge on any atom is -0.496 e. The third-order valence-corrected chi connectivity index (χ3v) is 10.3. The van der Waals surface area contributed by atoms with Gasteiger partial charge in [-0.1, -0.05) is 109 Å². The molecule has 0 spiro atoms. The molecule has 274 valence electrons. The average molecular weight is 733 g/mol. The van der Waals surface area contributed by atoms with Gasteiger partial charge in [0.05, 0.1) is 33.0 Å². The van der Waals surface area contributed by atoms with Gasteiger partial charge in [0.1, 0.15) is 11.8 Å². The highest BCUT2D eigenvalue weighted by atomic mass is 32.2. The Morgan fingerprint density at radius 3 is 2.25 bits per heavy atom. The molecular weight excluding hydrogens is 689 g/mol. The number of rotatable bonds is 14. The third kappa shape index (κ3) is 10.3. The summed E-state index contributed by atoms with van der Waals surface area (Å²) in [6.45, 7) is 0.263. The molecule has 2 amide bonds. The molecule has 0 unspecified atom stereocenters. The first-order valence-electron chi connectivity index (χ1n) is 17.5. The van der Waals surface area contributed by atoms with Crippen molar-refractivity contribution in [3.63, 3.8) is 0 Å². The van der Waals surface area contributed by atoms with E-state index in [1.54, 1.807) is 18.9 Å². The Kier molecular flexibility index (Phi) is 13.2. The van der Waals surface area contributed by atoms with Crippen LogP contribution in [0.4, 0.5) is 4.79 Å². The average Bonchev–Trinajstić information content (AvgIpc) is 3.22. The number of esters is 1. The molecule has 10 heteroatoms. The molecular formula is C43H44N2O7S. The van der Waals surface area contributed by atoms with E-state index in [1.165, 1.54) is 7.11 Å². The SMILES string of the molecule is COC(=O)[C@H](Cc1ccccc1)NC(=O)NCc1cccc(-c2ccc([C@H]3O[C@@H](CSc4ccccc4OC)C[C@@H](c4ccc(CO)cc4)O3)cc2)c1. The van der Waals surface area contributed by atoms with Gasteiger partial charge in [0.25, 0.3) is 0 Å². The zero-order valence-electron chi connectivity index (χ0n) is 29.8. The van der Waals surface area contributed by atoms with Crippen molar-refractivity contribution < 1.29 is 33.6 Å². The van der Waals surface area contributed by atoms with Crippen LogP contribution >= 0.6 is 11.8 Å². The fourth-order valence-electron chi connectivity index (χ4n) is 6.21. The summed E-state index contributed by atoms with van der Waals surface area (Å²) in [5.41, 5.74) is 6.61. The van der Waals surface area contributed by atoms with Crippen molar-refractivity contribution in [3.05, 3.63) is 155 Å². The number of aliphatic hydroxyl groups is 1. The minimum atomic E-state index is -0.812. The lowest BCUT2D eigenvalue weighted by Crippen LogP contribution is -2.47. The number of amides is 2. The molecule has 0 bridgehead atoms. The van der Waals surface area contributed by atoms with Crippen LogP contribution in [-0.2, 0) is 38.6 Å². The first-order chi connectivity index (χ1) is 25.9. The third-order valence-electron chi connectivity index (χ3n) is 9.08. The van der Waals surface area contributed by atoms with Crippen molar-refractivity contribution in [2.45, 2.75) is 55.4 Å². The Morgan fingerprint density at radius 1 is 0.792 bits per heavy atom. The summed E-state index contributed by atoms with van der Waals surface area (Å²) < 4.78 is 23.6. The van der Waals surface area contributed by atoms with Crippen LogP contribution in [0.2, 0.25) is 0 Å². The second-order valence-corrected chi connectivity index (χ2v) is 13.8. The van der Waals surface area contributed by atoms with E-state index in [-0.39, 0.29) is 25.4 Å². The lowest BCUT2D eigenvalue weighted by Gasteiger charge is -2.36. The van der Waals surface area contributed by atoms with Crippen LogP contribution < -0.4 is 15.4 Å². The molecule has 0 radical (unpaired) electrons. The predicted octanol–water partition coefficient (Wildman–Crippen LogP) is 7.78. The van der Waals surface area contributed by atoms with E-state index in [2.05, 4.69) is 16.7 Å². The molecule has 4 atom stereocenters. The highest BCUT2D eigenvalue weighted by Crippen LogP contribution is 2.40. The normalized spacial score (nSPS) is 17.4. The predicted molar refractivity (Wildman–Crippen MR) is 205 cm³/mol. The van der Waals surface area contributed by atoms with Gasteiger partial charge in [-0.25, -0.2) is 9.59 Å². The molecule has 3 N–H and O–H groups in total. The topological polar surface area (TPSA) is 115 Å². The second-order valence-electron chi connectivity index (χ2n) is 12.7. The maximum Gasteiger partial charge on any atom is 0.328 e. The lowest BCUT2D eigenvalue weighted by atomic mass is 9.99. The summed E-state index contributed by atoms with van der Waals surface area (Å²) >= 11 is 1.70. The van der Waals surface area contributed by atoms with Gasteiger partial charge in [-0.2, -0.15) is 0 Å². The van der Waals surface area contributed by atoms with Crippen molar-refractivity contribution >= 4 is 23.8 Å². The lowest BCUT2D eigenvalue weighted by molar-refractivity contribution is -0.245. The highest BCUT2D eigenvalue weighted by molar-refractivity contribution is 7.99. The number of nitrogens with one attached hydrogen (secondary N) is 2. The van der Waals surface area contributed by atoms with Gasteiger partial charge in [-0.3, -0.25) is 0 Å². The summed E-state index contributed by atoms with van der Waals surface area (Å²) in [5.74, 6) is 1.05. The molecule has 9 nitrogen and oxygen atoms in total. The van der Waals surface area contributed by atoms with E-state index in [4.69, 9.17) is 18.9 Å². The first-order valence-corrected chi connectivity index (χ1v) is 18.5. The quantitative estimate of drug-likeness (QED) is 0.0784. The monoisotopic (exact) mass is 732 g/mol. The number of aliphatic hydroxyl groups excluding tert-OH is 1. The first kappa shape index (κ1) is 37.6. The molecule has 1 aliphatic heterocycles. The van der Waals surface area contributed by atoms with Crippen LogP contribution in [0.5, 0.6) is 5.75 Å². The summed E-state index contributed by atoms with van der Waals surface area (Å²) in [7, 11) is 2.99. The molecule has 0 saturated carbocycles. The van der Waals surface area contributed by atoms with E-state index >= 15 is 0 Å². The summed E-state index contributed by atoms with van der Waals surface area (Å²) in [5, 5.41) is 15.2. The maximum atomic E-state index is 12.8. The summed E-state index contributed by atoms with van der Waals surface area (Å²) in [4.78, 5) is 26.3. The number of urea groups is 1. The number of hydrogen-bond donors (Lipinski definition) is 3. The fraction of sp³-hybridized carbons (Fsp3) is 0.256. The molecule has 0 aromatic heterocycles. The van der Waals surface area contributed by atoms with Crippen LogP contribution in [0.15, 0.2) is 132 Å².